The first-order valence-corrected chi connectivity index (χ1v) is 6.53. The average Bonchev–Trinajstić information content (AvgIpc) is 2.51. The van der Waals surface area contributed by atoms with Gasteiger partial charge in [-0.15, -0.1) is 0 Å². The Balaban J connectivity index is 1.86. The number of nitrogens with two attached hydrogens (primary N) is 1. The molecule has 0 bridgehead atoms. The van der Waals surface area contributed by atoms with Crippen molar-refractivity contribution in [2.45, 2.75) is 50.5 Å². The summed E-state index contributed by atoms with van der Waals surface area (Å²) < 4.78 is 0. The zero-order valence-electron chi connectivity index (χ0n) is 10.0. The quantitative estimate of drug-likeness (QED) is 0.747. The van der Waals surface area contributed by atoms with Crippen LogP contribution in [0, 0.1) is 0 Å². The van der Waals surface area contributed by atoms with Crippen LogP contribution in [0.3, 0.4) is 0 Å². The summed E-state index contributed by atoms with van der Waals surface area (Å²) in [7, 11) is 0. The van der Waals surface area contributed by atoms with Crippen LogP contribution in [0.25, 0.3) is 0 Å². The summed E-state index contributed by atoms with van der Waals surface area (Å²) in [6, 6.07) is 0.104. The minimum atomic E-state index is -0.0800. The molecule has 2 rings (SSSR count). The molecular formula is C12H23N3O. The van der Waals surface area contributed by atoms with Crippen molar-refractivity contribution in [2.75, 3.05) is 19.6 Å². The Hall–Kier alpha value is -0.770. The summed E-state index contributed by atoms with van der Waals surface area (Å²) in [5, 5.41) is 3.14. The summed E-state index contributed by atoms with van der Waals surface area (Å²) in [6.45, 7) is 2.39. The van der Waals surface area contributed by atoms with E-state index in [9.17, 15) is 4.79 Å². The molecule has 3 N–H and O–H groups in total. The van der Waals surface area contributed by atoms with Crippen molar-refractivity contribution in [3.63, 3.8) is 0 Å². The van der Waals surface area contributed by atoms with E-state index >= 15 is 0 Å². The third kappa shape index (κ3) is 2.48. The normalized spacial score (nSPS) is 24.4. The second-order valence-corrected chi connectivity index (χ2v) is 5.17. The van der Waals surface area contributed by atoms with Crippen LogP contribution in [0.15, 0.2) is 0 Å². The van der Waals surface area contributed by atoms with E-state index in [0.717, 1.165) is 38.8 Å². The minimum absolute atomic E-state index is 0.0800. The first-order chi connectivity index (χ1) is 7.76. The fourth-order valence-electron chi connectivity index (χ4n) is 2.56. The van der Waals surface area contributed by atoms with Gasteiger partial charge in [0.1, 0.15) is 0 Å². The van der Waals surface area contributed by atoms with E-state index in [0.29, 0.717) is 6.54 Å². The highest BCUT2D eigenvalue weighted by Gasteiger charge is 2.37. The maximum atomic E-state index is 12.1. The highest BCUT2D eigenvalue weighted by atomic mass is 16.2. The molecule has 0 unspecified atom stereocenters. The lowest BCUT2D eigenvalue weighted by atomic mass is 9.77. The molecule has 2 aliphatic rings. The Morgan fingerprint density at radius 2 is 1.75 bits per heavy atom. The van der Waals surface area contributed by atoms with Crippen LogP contribution in [0.5, 0.6) is 0 Å². The molecule has 2 fully saturated rings. The molecule has 0 aromatic heterocycles. The van der Waals surface area contributed by atoms with Gasteiger partial charge in [-0.05, 0) is 32.1 Å². The molecule has 1 saturated heterocycles. The number of hydrogen-bond acceptors (Lipinski definition) is 2. The van der Waals surface area contributed by atoms with Crippen molar-refractivity contribution in [3.05, 3.63) is 0 Å². The Kier molecular flexibility index (Phi) is 3.69. The molecule has 4 nitrogen and oxygen atoms in total. The van der Waals surface area contributed by atoms with Gasteiger partial charge in [-0.2, -0.15) is 0 Å². The number of nitrogens with one attached hydrogen (secondary N) is 1. The molecule has 2 amide bonds. The molecule has 1 saturated carbocycles. The molecule has 16 heavy (non-hydrogen) atoms. The van der Waals surface area contributed by atoms with Crippen molar-refractivity contribution < 1.29 is 4.79 Å². The van der Waals surface area contributed by atoms with Crippen LogP contribution >= 0.6 is 0 Å². The largest absolute Gasteiger partial charge is 0.331 e. The molecule has 0 aromatic carbocycles. The topological polar surface area (TPSA) is 58.4 Å². The van der Waals surface area contributed by atoms with Crippen molar-refractivity contribution in [1.29, 1.82) is 0 Å². The van der Waals surface area contributed by atoms with Crippen LogP contribution in [0.2, 0.25) is 0 Å². The van der Waals surface area contributed by atoms with Crippen molar-refractivity contribution >= 4 is 6.03 Å². The van der Waals surface area contributed by atoms with Crippen molar-refractivity contribution in [1.82, 2.24) is 10.2 Å². The number of carbonyl (C=O) groups is 1. The van der Waals surface area contributed by atoms with Gasteiger partial charge in [-0.3, -0.25) is 0 Å². The molecule has 1 aliphatic carbocycles. The lowest BCUT2D eigenvalue weighted by Crippen LogP contribution is -2.61. The van der Waals surface area contributed by atoms with Gasteiger partial charge < -0.3 is 16.0 Å². The number of nitrogens with zero attached hydrogens (tertiary/aromatic N) is 1. The fraction of sp³-hybridized carbons (Fsp3) is 0.917. The molecule has 4 heteroatoms. The van der Waals surface area contributed by atoms with E-state index in [-0.39, 0.29) is 11.6 Å². The Labute approximate surface area is 97.6 Å². The number of likely N-dealkylation sites (tertiary alicyclic amines) is 1. The lowest BCUT2D eigenvalue weighted by Gasteiger charge is -2.42. The number of amides is 2. The standard InChI is InChI=1S/C12H23N3O/c13-10-12(6-5-7-12)14-11(16)15-8-3-1-2-4-9-15/h1-10,13H2,(H,14,16). The van der Waals surface area contributed by atoms with Gasteiger partial charge in [-0.25, -0.2) is 4.79 Å². The second kappa shape index (κ2) is 5.04. The van der Waals surface area contributed by atoms with Crippen molar-refractivity contribution in [2.24, 2.45) is 5.73 Å². The second-order valence-electron chi connectivity index (χ2n) is 5.17. The van der Waals surface area contributed by atoms with Crippen LogP contribution in [0.4, 0.5) is 4.79 Å². The number of hydrogen-bond donors (Lipinski definition) is 2. The first kappa shape index (κ1) is 11.7. The summed E-state index contributed by atoms with van der Waals surface area (Å²) in [6.07, 6.45) is 8.08. The predicted molar refractivity (Wildman–Crippen MR) is 64.2 cm³/mol. The van der Waals surface area contributed by atoms with Crippen LogP contribution in [0.1, 0.15) is 44.9 Å². The van der Waals surface area contributed by atoms with E-state index < -0.39 is 0 Å². The highest BCUT2D eigenvalue weighted by Crippen LogP contribution is 2.30. The van der Waals surface area contributed by atoms with Crippen LogP contribution in [-0.2, 0) is 0 Å². The summed E-state index contributed by atoms with van der Waals surface area (Å²) in [4.78, 5) is 14.0. The summed E-state index contributed by atoms with van der Waals surface area (Å²) >= 11 is 0. The third-order valence-electron chi connectivity index (χ3n) is 3.97. The monoisotopic (exact) mass is 225 g/mol. The molecule has 0 radical (unpaired) electrons. The van der Waals surface area contributed by atoms with Gasteiger partial charge in [-0.1, -0.05) is 12.8 Å². The molecule has 1 aliphatic heterocycles. The molecule has 0 aromatic rings. The van der Waals surface area contributed by atoms with E-state index in [1.807, 2.05) is 4.90 Å². The van der Waals surface area contributed by atoms with E-state index in [4.69, 9.17) is 5.73 Å². The van der Waals surface area contributed by atoms with E-state index in [1.54, 1.807) is 0 Å². The van der Waals surface area contributed by atoms with Gasteiger partial charge in [0.25, 0.3) is 0 Å². The number of carbonyl (C=O) groups excluding carboxylic acids is 1. The average molecular weight is 225 g/mol. The Bertz CT molecular complexity index is 237. The van der Waals surface area contributed by atoms with Gasteiger partial charge in [0.2, 0.25) is 0 Å². The van der Waals surface area contributed by atoms with Crippen LogP contribution in [-0.4, -0.2) is 36.1 Å². The minimum Gasteiger partial charge on any atom is -0.331 e. The molecule has 0 atom stereocenters. The third-order valence-corrected chi connectivity index (χ3v) is 3.97. The van der Waals surface area contributed by atoms with Gasteiger partial charge >= 0.3 is 6.03 Å². The van der Waals surface area contributed by atoms with Gasteiger partial charge in [0, 0.05) is 19.6 Å². The number of urea groups is 1. The smallest absolute Gasteiger partial charge is 0.317 e. The number of rotatable bonds is 2. The van der Waals surface area contributed by atoms with Crippen LogP contribution < -0.4 is 11.1 Å². The molecule has 92 valence electrons. The van der Waals surface area contributed by atoms with E-state index in [2.05, 4.69) is 5.32 Å². The summed E-state index contributed by atoms with van der Waals surface area (Å²) in [5.41, 5.74) is 5.66. The van der Waals surface area contributed by atoms with E-state index in [1.165, 1.54) is 19.3 Å². The highest BCUT2D eigenvalue weighted by molar-refractivity contribution is 5.75. The SMILES string of the molecule is NCC1(NC(=O)N2CCCCCC2)CCC1. The molecule has 1 heterocycles. The maximum absolute atomic E-state index is 12.1. The summed E-state index contributed by atoms with van der Waals surface area (Å²) in [5.74, 6) is 0. The van der Waals surface area contributed by atoms with Gasteiger partial charge in [0.15, 0.2) is 0 Å². The van der Waals surface area contributed by atoms with Crippen molar-refractivity contribution in [3.8, 4) is 0 Å². The Morgan fingerprint density at radius 1 is 1.12 bits per heavy atom. The first-order valence-electron chi connectivity index (χ1n) is 6.53. The zero-order valence-corrected chi connectivity index (χ0v) is 10.0. The molecule has 0 spiro atoms. The van der Waals surface area contributed by atoms with Gasteiger partial charge in [0.05, 0.1) is 5.54 Å². The maximum Gasteiger partial charge on any atom is 0.317 e. The lowest BCUT2D eigenvalue weighted by molar-refractivity contribution is 0.155. The molecular weight excluding hydrogens is 202 g/mol. The Morgan fingerprint density at radius 3 is 2.19 bits per heavy atom. The fourth-order valence-corrected chi connectivity index (χ4v) is 2.56. The predicted octanol–water partition coefficient (Wildman–Crippen LogP) is 1.45. The zero-order chi connectivity index (χ0) is 11.4.